The van der Waals surface area contributed by atoms with Crippen molar-refractivity contribution in [3.8, 4) is 0 Å². The van der Waals surface area contributed by atoms with Crippen LogP contribution in [0.1, 0.15) is 35.7 Å². The number of benzene rings is 2. The zero-order valence-corrected chi connectivity index (χ0v) is 17.8. The van der Waals surface area contributed by atoms with Gasteiger partial charge in [-0.25, -0.2) is 4.68 Å². The van der Waals surface area contributed by atoms with Crippen LogP contribution in [0.3, 0.4) is 0 Å². The van der Waals surface area contributed by atoms with Gasteiger partial charge in [0.25, 0.3) is 5.91 Å². The van der Waals surface area contributed by atoms with Crippen LogP contribution in [0.4, 0.5) is 0 Å². The third-order valence-corrected chi connectivity index (χ3v) is 6.61. The van der Waals surface area contributed by atoms with Crippen molar-refractivity contribution in [1.29, 1.82) is 0 Å². The van der Waals surface area contributed by atoms with Gasteiger partial charge in [-0.05, 0) is 37.3 Å². The minimum absolute atomic E-state index is 0.178. The summed E-state index contributed by atoms with van der Waals surface area (Å²) in [6.07, 6.45) is 4.87. The van der Waals surface area contributed by atoms with Crippen LogP contribution < -0.4 is 5.73 Å². The van der Waals surface area contributed by atoms with Gasteiger partial charge in [0.2, 0.25) is 0 Å². The number of carbonyl (C=O) groups is 1. The number of amides is 1. The summed E-state index contributed by atoms with van der Waals surface area (Å²) >= 11 is 1.43. The summed E-state index contributed by atoms with van der Waals surface area (Å²) in [5.41, 5.74) is 9.77. The highest BCUT2D eigenvalue weighted by molar-refractivity contribution is 8.04. The van der Waals surface area contributed by atoms with Gasteiger partial charge in [0, 0.05) is 12.2 Å². The number of carbonyl (C=O) groups excluding carboxylic acids is 1. The molecule has 2 N–H and O–H groups in total. The van der Waals surface area contributed by atoms with Crippen LogP contribution in [0.5, 0.6) is 0 Å². The van der Waals surface area contributed by atoms with Gasteiger partial charge in [-0.1, -0.05) is 77.6 Å². The molecule has 1 aromatic heterocycles. The molecular formula is C23H25N5OS. The van der Waals surface area contributed by atoms with Gasteiger partial charge in [-0.2, -0.15) is 0 Å². The van der Waals surface area contributed by atoms with Crippen molar-refractivity contribution in [3.63, 3.8) is 0 Å². The van der Waals surface area contributed by atoms with Gasteiger partial charge in [0.15, 0.2) is 5.50 Å². The predicted molar refractivity (Wildman–Crippen MR) is 119 cm³/mol. The molecular weight excluding hydrogens is 394 g/mol. The van der Waals surface area contributed by atoms with Crippen LogP contribution in [0.25, 0.3) is 0 Å². The Balaban J connectivity index is 1.47. The summed E-state index contributed by atoms with van der Waals surface area (Å²) in [6.45, 7) is 2.61. The third-order valence-electron chi connectivity index (χ3n) is 5.19. The van der Waals surface area contributed by atoms with Crippen LogP contribution >= 0.6 is 11.8 Å². The second-order valence-corrected chi connectivity index (χ2v) is 8.43. The van der Waals surface area contributed by atoms with Crippen LogP contribution in [-0.2, 0) is 24.2 Å². The van der Waals surface area contributed by atoms with E-state index < -0.39 is 5.91 Å². The zero-order valence-electron chi connectivity index (χ0n) is 16.9. The molecule has 0 spiro atoms. The minimum Gasteiger partial charge on any atom is -0.365 e. The Kier molecular flexibility index (Phi) is 6.18. The lowest BCUT2D eigenvalue weighted by molar-refractivity contribution is -0.114. The van der Waals surface area contributed by atoms with E-state index >= 15 is 0 Å². The molecule has 1 aliphatic rings. The minimum atomic E-state index is -0.402. The molecule has 3 aromatic rings. The van der Waals surface area contributed by atoms with Crippen molar-refractivity contribution in [1.82, 2.24) is 19.9 Å². The van der Waals surface area contributed by atoms with E-state index in [1.807, 2.05) is 42.1 Å². The number of hydrogen-bond donors (Lipinski definition) is 1. The van der Waals surface area contributed by atoms with Gasteiger partial charge in [0.05, 0.1) is 16.8 Å². The summed E-state index contributed by atoms with van der Waals surface area (Å²) < 4.78 is 1.84. The van der Waals surface area contributed by atoms with Crippen molar-refractivity contribution in [2.75, 3.05) is 0 Å². The van der Waals surface area contributed by atoms with Gasteiger partial charge in [0.1, 0.15) is 0 Å². The molecule has 2 heterocycles. The first-order chi connectivity index (χ1) is 14.6. The quantitative estimate of drug-likeness (QED) is 0.600. The molecule has 0 radical (unpaired) electrons. The second kappa shape index (κ2) is 9.17. The van der Waals surface area contributed by atoms with E-state index in [2.05, 4.69) is 51.6 Å². The lowest BCUT2D eigenvalue weighted by Gasteiger charge is -2.27. The third kappa shape index (κ3) is 4.57. The smallest absolute Gasteiger partial charge is 0.257 e. The van der Waals surface area contributed by atoms with Gasteiger partial charge >= 0.3 is 0 Å². The van der Waals surface area contributed by atoms with Crippen molar-refractivity contribution in [2.24, 2.45) is 5.73 Å². The second-order valence-electron chi connectivity index (χ2n) is 7.37. The Bertz CT molecular complexity index is 1030. The van der Waals surface area contributed by atoms with E-state index in [4.69, 9.17) is 5.73 Å². The number of aryl methyl sites for hydroxylation is 2. The average molecular weight is 420 g/mol. The molecule has 4 rings (SSSR count). The number of primary amides is 1. The summed E-state index contributed by atoms with van der Waals surface area (Å²) in [5, 5.41) is 8.74. The summed E-state index contributed by atoms with van der Waals surface area (Å²) in [6, 6.07) is 20.6. The summed E-state index contributed by atoms with van der Waals surface area (Å²) in [7, 11) is 0. The number of allylic oxidation sites excluding steroid dienone is 1. The van der Waals surface area contributed by atoms with Crippen LogP contribution in [0.2, 0.25) is 0 Å². The maximum absolute atomic E-state index is 11.9. The monoisotopic (exact) mass is 419 g/mol. The number of aromatic nitrogens is 3. The molecule has 0 aliphatic carbocycles. The van der Waals surface area contributed by atoms with Crippen LogP contribution in [-0.4, -0.2) is 25.8 Å². The molecule has 0 saturated heterocycles. The highest BCUT2D eigenvalue weighted by Crippen LogP contribution is 2.44. The van der Waals surface area contributed by atoms with Crippen molar-refractivity contribution in [3.05, 3.63) is 94.3 Å². The number of nitrogens with two attached hydrogens (primary N) is 1. The Morgan fingerprint density at radius 2 is 1.70 bits per heavy atom. The zero-order chi connectivity index (χ0) is 20.9. The van der Waals surface area contributed by atoms with E-state index in [0.29, 0.717) is 11.4 Å². The van der Waals surface area contributed by atoms with Crippen LogP contribution in [0.15, 0.2) is 77.5 Å². The van der Waals surface area contributed by atoms with Crippen molar-refractivity contribution >= 4 is 17.7 Å². The van der Waals surface area contributed by atoms with E-state index in [9.17, 15) is 4.79 Å². The highest BCUT2D eigenvalue weighted by atomic mass is 32.2. The number of rotatable bonds is 8. The Labute approximate surface area is 180 Å². The Morgan fingerprint density at radius 3 is 2.37 bits per heavy atom. The predicted octanol–water partition coefficient (Wildman–Crippen LogP) is 3.88. The van der Waals surface area contributed by atoms with Crippen molar-refractivity contribution in [2.45, 2.75) is 38.2 Å². The number of hydrogen-bond acceptors (Lipinski definition) is 5. The fourth-order valence-corrected chi connectivity index (χ4v) is 4.80. The fourth-order valence-electron chi connectivity index (χ4n) is 3.61. The number of nitrogens with zero attached hydrogens (tertiary/aromatic N) is 4. The Morgan fingerprint density at radius 1 is 1.03 bits per heavy atom. The van der Waals surface area contributed by atoms with Crippen LogP contribution in [0, 0.1) is 0 Å². The molecule has 0 bridgehead atoms. The summed E-state index contributed by atoms with van der Waals surface area (Å²) in [5.74, 6) is -0.402. The Hall–Kier alpha value is -3.06. The van der Waals surface area contributed by atoms with E-state index in [0.717, 1.165) is 36.2 Å². The lowest BCUT2D eigenvalue weighted by atomic mass is 10.1. The molecule has 1 aliphatic heterocycles. The van der Waals surface area contributed by atoms with E-state index in [1.54, 1.807) is 0 Å². The maximum Gasteiger partial charge on any atom is 0.257 e. The maximum atomic E-state index is 11.9. The standard InChI is InChI=1S/C23H25N5OS/c1-17-21(22(24)29)30-23(27(17)15-19-11-6-3-7-12-19)28-16-20(25-26-28)14-8-13-18-9-4-2-5-10-18/h2-7,9-12,16,23H,8,13-15H2,1H3,(H2,24,29). The molecule has 6 nitrogen and oxygen atoms in total. The number of thioether (sulfide) groups is 1. The molecule has 0 saturated carbocycles. The molecule has 30 heavy (non-hydrogen) atoms. The van der Waals surface area contributed by atoms with E-state index in [1.165, 1.54) is 17.3 Å². The SMILES string of the molecule is CC1=C(C(N)=O)SC(n2cc(CCCc3ccccc3)nn2)N1Cc1ccccc1. The molecule has 2 aromatic carbocycles. The molecule has 154 valence electrons. The van der Waals surface area contributed by atoms with E-state index in [-0.39, 0.29) is 5.50 Å². The normalized spacial score (nSPS) is 16.3. The first-order valence-corrected chi connectivity index (χ1v) is 10.9. The molecule has 1 amide bonds. The first kappa shape index (κ1) is 20.2. The average Bonchev–Trinajstić information content (AvgIpc) is 3.35. The molecule has 1 unspecified atom stereocenters. The first-order valence-electron chi connectivity index (χ1n) is 10.0. The topological polar surface area (TPSA) is 77.0 Å². The summed E-state index contributed by atoms with van der Waals surface area (Å²) in [4.78, 5) is 14.7. The highest BCUT2D eigenvalue weighted by Gasteiger charge is 2.34. The van der Waals surface area contributed by atoms with Gasteiger partial charge in [-0.15, -0.1) is 5.10 Å². The lowest BCUT2D eigenvalue weighted by Crippen LogP contribution is -2.26. The van der Waals surface area contributed by atoms with Gasteiger partial charge < -0.3 is 10.6 Å². The molecule has 7 heteroatoms. The largest absolute Gasteiger partial charge is 0.365 e. The van der Waals surface area contributed by atoms with Crippen molar-refractivity contribution < 1.29 is 4.79 Å². The molecule has 1 atom stereocenters. The fraction of sp³-hybridized carbons (Fsp3) is 0.261. The molecule has 0 fully saturated rings. The van der Waals surface area contributed by atoms with Gasteiger partial charge in [-0.3, -0.25) is 4.79 Å².